The summed E-state index contributed by atoms with van der Waals surface area (Å²) >= 11 is 12.5. The zero-order valence-electron chi connectivity index (χ0n) is 18.5. The highest BCUT2D eigenvalue weighted by Crippen LogP contribution is 2.28. The summed E-state index contributed by atoms with van der Waals surface area (Å²) in [5, 5.41) is 6.19. The third kappa shape index (κ3) is 6.70. The Morgan fingerprint density at radius 2 is 1.81 bits per heavy atom. The third-order valence-corrected chi connectivity index (χ3v) is 6.12. The van der Waals surface area contributed by atoms with E-state index < -0.39 is 0 Å². The maximum Gasteiger partial charge on any atom is 0.0744 e. The number of nitrogens with one attached hydrogen (secondary N) is 1. The van der Waals surface area contributed by atoms with Crippen LogP contribution in [0, 0.1) is 0 Å². The van der Waals surface area contributed by atoms with Gasteiger partial charge >= 0.3 is 0 Å². The molecule has 5 heteroatoms. The fourth-order valence-electron chi connectivity index (χ4n) is 3.71. The molecule has 1 heterocycles. The van der Waals surface area contributed by atoms with Gasteiger partial charge < -0.3 is 10.2 Å². The van der Waals surface area contributed by atoms with Crippen molar-refractivity contribution in [2.45, 2.75) is 39.7 Å². The number of nitrogens with zero attached hydrogens (tertiary/aromatic N) is 2. The number of benzene rings is 2. The molecule has 1 atom stereocenters. The monoisotopic (exact) mass is 455 g/mol. The van der Waals surface area contributed by atoms with Crippen molar-refractivity contribution in [3.05, 3.63) is 69.8 Å². The summed E-state index contributed by atoms with van der Waals surface area (Å²) in [6.45, 7) is 10.0. The number of hydrogen-bond acceptors (Lipinski definition) is 3. The van der Waals surface area contributed by atoms with Crippen molar-refractivity contribution in [3.8, 4) is 0 Å². The summed E-state index contributed by atoms with van der Waals surface area (Å²) in [6, 6.07) is 16.1. The van der Waals surface area contributed by atoms with Crippen LogP contribution in [-0.2, 0) is 0 Å². The van der Waals surface area contributed by atoms with E-state index in [2.05, 4.69) is 37.1 Å². The van der Waals surface area contributed by atoms with Crippen LogP contribution in [0.5, 0.6) is 0 Å². The number of rotatable bonds is 10. The van der Waals surface area contributed by atoms with Gasteiger partial charge in [0.1, 0.15) is 0 Å². The van der Waals surface area contributed by atoms with Crippen LogP contribution in [0.25, 0.3) is 23.1 Å². The highest BCUT2D eigenvalue weighted by atomic mass is 35.5. The Balaban J connectivity index is 1.81. The fraction of sp³-hybridized carbons (Fsp3) is 0.346. The van der Waals surface area contributed by atoms with Crippen molar-refractivity contribution in [3.63, 3.8) is 0 Å². The minimum absolute atomic E-state index is 0.359. The van der Waals surface area contributed by atoms with E-state index in [1.54, 1.807) is 0 Å². The van der Waals surface area contributed by atoms with Crippen LogP contribution in [0.3, 0.4) is 0 Å². The molecule has 0 fully saturated rings. The number of fused-ring (bicyclic) bond motifs is 1. The van der Waals surface area contributed by atoms with Crippen molar-refractivity contribution in [1.29, 1.82) is 0 Å². The zero-order valence-corrected chi connectivity index (χ0v) is 20.0. The lowest BCUT2D eigenvalue weighted by Crippen LogP contribution is -2.25. The Morgan fingerprint density at radius 3 is 2.55 bits per heavy atom. The number of hydrogen-bond donors (Lipinski definition) is 1. The van der Waals surface area contributed by atoms with Crippen LogP contribution in [0.1, 0.15) is 44.9 Å². The first kappa shape index (κ1) is 23.6. The molecule has 1 N–H and O–H groups in total. The van der Waals surface area contributed by atoms with Crippen LogP contribution in [-0.4, -0.2) is 35.6 Å². The molecule has 0 bridgehead atoms. The number of anilines is 1. The van der Waals surface area contributed by atoms with Gasteiger partial charge in [0.15, 0.2) is 0 Å². The molecule has 0 amide bonds. The second-order valence-corrected chi connectivity index (χ2v) is 8.67. The lowest BCUT2D eigenvalue weighted by atomic mass is 10.1. The van der Waals surface area contributed by atoms with E-state index in [1.807, 2.05) is 54.6 Å². The van der Waals surface area contributed by atoms with E-state index in [0.29, 0.717) is 11.1 Å². The largest absolute Gasteiger partial charge is 0.382 e. The van der Waals surface area contributed by atoms with E-state index in [4.69, 9.17) is 28.2 Å². The molecular formula is C26H31Cl2N3. The SMILES string of the molecule is CCN(CC)CCC[C@@H](C)Nc1cc(/C=C\c2ccccc2Cl)nc2cc(Cl)ccc12. The zero-order chi connectivity index (χ0) is 22.2. The molecule has 0 saturated carbocycles. The van der Waals surface area contributed by atoms with Crippen LogP contribution < -0.4 is 5.32 Å². The van der Waals surface area contributed by atoms with Gasteiger partial charge in [0, 0.05) is 27.2 Å². The molecule has 0 saturated heterocycles. The quantitative estimate of drug-likeness (QED) is 0.340. The molecule has 0 aliphatic heterocycles. The summed E-state index contributed by atoms with van der Waals surface area (Å²) in [4.78, 5) is 7.26. The van der Waals surface area contributed by atoms with E-state index in [1.165, 1.54) is 6.42 Å². The smallest absolute Gasteiger partial charge is 0.0744 e. The minimum atomic E-state index is 0.359. The maximum atomic E-state index is 6.29. The van der Waals surface area contributed by atoms with E-state index in [-0.39, 0.29) is 0 Å². The van der Waals surface area contributed by atoms with Crippen molar-refractivity contribution >= 4 is 51.9 Å². The molecule has 3 nitrogen and oxygen atoms in total. The fourth-order valence-corrected chi connectivity index (χ4v) is 4.08. The predicted octanol–water partition coefficient (Wildman–Crippen LogP) is 7.63. The van der Waals surface area contributed by atoms with Gasteiger partial charge in [-0.1, -0.05) is 61.3 Å². The predicted molar refractivity (Wildman–Crippen MR) is 137 cm³/mol. The number of halogens is 2. The molecule has 3 aromatic rings. The lowest BCUT2D eigenvalue weighted by molar-refractivity contribution is 0.295. The van der Waals surface area contributed by atoms with Gasteiger partial charge in [0.2, 0.25) is 0 Å². The molecule has 0 aliphatic carbocycles. The summed E-state index contributed by atoms with van der Waals surface area (Å²) in [6.07, 6.45) is 6.28. The first-order valence-electron chi connectivity index (χ1n) is 11.0. The molecule has 3 rings (SSSR count). The lowest BCUT2D eigenvalue weighted by Gasteiger charge is -2.21. The van der Waals surface area contributed by atoms with Crippen molar-refractivity contribution < 1.29 is 0 Å². The Hall–Kier alpha value is -2.07. The topological polar surface area (TPSA) is 28.2 Å². The normalized spacial score (nSPS) is 12.7. The molecule has 31 heavy (non-hydrogen) atoms. The van der Waals surface area contributed by atoms with Gasteiger partial charge in [0.05, 0.1) is 11.2 Å². The molecular weight excluding hydrogens is 425 g/mol. The molecule has 0 aliphatic rings. The third-order valence-electron chi connectivity index (χ3n) is 5.54. The van der Waals surface area contributed by atoms with Crippen molar-refractivity contribution in [2.24, 2.45) is 0 Å². The summed E-state index contributed by atoms with van der Waals surface area (Å²) < 4.78 is 0. The number of pyridine rings is 1. The maximum absolute atomic E-state index is 6.29. The Labute approximate surface area is 196 Å². The van der Waals surface area contributed by atoms with Gasteiger partial charge in [-0.05, 0) is 81.4 Å². The highest BCUT2D eigenvalue weighted by Gasteiger charge is 2.10. The van der Waals surface area contributed by atoms with E-state index in [9.17, 15) is 0 Å². The standard InChI is InChI=1S/C26H31Cl2N3/c1-4-31(5-2)16-8-9-19(3)29-26-18-22(14-12-20-10-6-7-11-24(20)28)30-25-17-21(27)13-15-23(25)26/h6-7,10-15,17-19H,4-5,8-9,16H2,1-3H3,(H,29,30)/b14-12-/t19-/m1/s1. The van der Waals surface area contributed by atoms with Gasteiger partial charge in [-0.2, -0.15) is 0 Å². The molecule has 2 aromatic carbocycles. The second kappa shape index (κ2) is 11.5. The van der Waals surface area contributed by atoms with Crippen LogP contribution in [0.15, 0.2) is 48.5 Å². The second-order valence-electron chi connectivity index (χ2n) is 7.83. The Morgan fingerprint density at radius 1 is 1.03 bits per heavy atom. The Kier molecular flexibility index (Phi) is 8.77. The van der Waals surface area contributed by atoms with Crippen LogP contribution in [0.2, 0.25) is 10.0 Å². The minimum Gasteiger partial charge on any atom is -0.382 e. The average molecular weight is 456 g/mol. The van der Waals surface area contributed by atoms with Crippen LogP contribution in [0.4, 0.5) is 5.69 Å². The Bertz CT molecular complexity index is 1030. The molecule has 0 unspecified atom stereocenters. The summed E-state index contributed by atoms with van der Waals surface area (Å²) in [5.74, 6) is 0. The van der Waals surface area contributed by atoms with Gasteiger partial charge in [-0.25, -0.2) is 4.98 Å². The van der Waals surface area contributed by atoms with Crippen molar-refractivity contribution in [2.75, 3.05) is 25.0 Å². The first-order chi connectivity index (χ1) is 15.0. The molecule has 0 spiro atoms. The van der Waals surface area contributed by atoms with Gasteiger partial charge in [-0.3, -0.25) is 0 Å². The summed E-state index contributed by atoms with van der Waals surface area (Å²) in [5.41, 5.74) is 3.80. The highest BCUT2D eigenvalue weighted by molar-refractivity contribution is 6.32. The number of aromatic nitrogens is 1. The first-order valence-corrected chi connectivity index (χ1v) is 11.8. The average Bonchev–Trinajstić information content (AvgIpc) is 2.76. The van der Waals surface area contributed by atoms with Crippen molar-refractivity contribution in [1.82, 2.24) is 9.88 Å². The van der Waals surface area contributed by atoms with E-state index in [0.717, 1.165) is 58.9 Å². The molecule has 1 aromatic heterocycles. The van der Waals surface area contributed by atoms with Gasteiger partial charge in [-0.15, -0.1) is 0 Å². The van der Waals surface area contributed by atoms with Crippen LogP contribution >= 0.6 is 23.2 Å². The van der Waals surface area contributed by atoms with Gasteiger partial charge in [0.25, 0.3) is 0 Å². The van der Waals surface area contributed by atoms with E-state index >= 15 is 0 Å². The molecule has 0 radical (unpaired) electrons. The summed E-state index contributed by atoms with van der Waals surface area (Å²) in [7, 11) is 0. The molecule has 164 valence electrons.